The summed E-state index contributed by atoms with van der Waals surface area (Å²) in [4.78, 5) is 11.4. The molecule has 2 aromatic rings. The molecule has 0 saturated carbocycles. The van der Waals surface area contributed by atoms with Crippen LogP contribution in [0.2, 0.25) is 0 Å². The number of hydrogen-bond acceptors (Lipinski definition) is 1. The van der Waals surface area contributed by atoms with Gasteiger partial charge in [-0.15, -0.1) is 0 Å². The number of nitrogens with zero attached hydrogens (tertiary/aromatic N) is 1. The summed E-state index contributed by atoms with van der Waals surface area (Å²) in [6, 6.07) is 6.12. The molecule has 0 unspecified atom stereocenters. The number of amides is 2. The topological polar surface area (TPSA) is 46.1 Å². The van der Waals surface area contributed by atoms with E-state index in [-0.39, 0.29) is 6.03 Å². The largest absolute Gasteiger partial charge is 0.345 e. The number of urea groups is 1. The Labute approximate surface area is 99.6 Å². The lowest BCUT2D eigenvalue weighted by Gasteiger charge is -2.14. The van der Waals surface area contributed by atoms with E-state index in [4.69, 9.17) is 0 Å². The number of carbonyl (C=O) groups is 1. The third kappa shape index (κ3) is 1.56. The summed E-state index contributed by atoms with van der Waals surface area (Å²) in [7, 11) is 1.62. The second-order valence-corrected chi connectivity index (χ2v) is 4.36. The highest BCUT2D eigenvalue weighted by molar-refractivity contribution is 6.02. The predicted molar refractivity (Wildman–Crippen MR) is 68.3 cm³/mol. The van der Waals surface area contributed by atoms with Gasteiger partial charge in [0.1, 0.15) is 0 Å². The lowest BCUT2D eigenvalue weighted by atomic mass is 10.0. The maximum absolute atomic E-state index is 11.4. The van der Waals surface area contributed by atoms with Crippen molar-refractivity contribution in [3.8, 4) is 0 Å². The average molecular weight is 229 g/mol. The molecular weight excluding hydrogens is 214 g/mol. The Bertz CT molecular complexity index is 586. The molecule has 4 nitrogen and oxygen atoms in total. The van der Waals surface area contributed by atoms with Crippen molar-refractivity contribution in [3.63, 3.8) is 0 Å². The summed E-state index contributed by atoms with van der Waals surface area (Å²) in [5, 5.41) is 6.58. The zero-order chi connectivity index (χ0) is 11.8. The Hall–Kier alpha value is -1.97. The van der Waals surface area contributed by atoms with Crippen LogP contribution in [0.3, 0.4) is 0 Å². The highest BCUT2D eigenvalue weighted by Gasteiger charge is 2.16. The van der Waals surface area contributed by atoms with Crippen LogP contribution in [0.1, 0.15) is 12.0 Å². The number of benzene rings is 1. The van der Waals surface area contributed by atoms with Crippen LogP contribution in [-0.2, 0) is 13.0 Å². The number of para-hydroxylation sites is 1. The van der Waals surface area contributed by atoms with E-state index in [0.717, 1.165) is 24.0 Å². The van der Waals surface area contributed by atoms with E-state index in [9.17, 15) is 4.79 Å². The van der Waals surface area contributed by atoms with Gasteiger partial charge in [-0.25, -0.2) is 4.79 Å². The summed E-state index contributed by atoms with van der Waals surface area (Å²) >= 11 is 0. The van der Waals surface area contributed by atoms with E-state index < -0.39 is 0 Å². The summed E-state index contributed by atoms with van der Waals surface area (Å²) in [6.45, 7) is 1.03. The van der Waals surface area contributed by atoms with Crippen LogP contribution in [0.25, 0.3) is 10.9 Å². The van der Waals surface area contributed by atoms with Crippen molar-refractivity contribution in [2.24, 2.45) is 0 Å². The third-order valence-electron chi connectivity index (χ3n) is 3.30. The van der Waals surface area contributed by atoms with Crippen LogP contribution in [0.4, 0.5) is 10.5 Å². The molecule has 0 saturated heterocycles. The van der Waals surface area contributed by atoms with Crippen molar-refractivity contribution in [2.45, 2.75) is 19.4 Å². The second-order valence-electron chi connectivity index (χ2n) is 4.36. The molecule has 3 rings (SSSR count). The van der Waals surface area contributed by atoms with Gasteiger partial charge in [0.25, 0.3) is 0 Å². The summed E-state index contributed by atoms with van der Waals surface area (Å²) in [6.07, 6.45) is 4.32. The molecule has 1 aliphatic rings. The standard InChI is InChI=1S/C13H15N3O/c1-14-13(17)15-11-8-16-7-3-5-9-4-2-6-10(11)12(9)16/h2,4,6,8H,3,5,7H2,1H3,(H2,14,15,17). The predicted octanol–water partition coefficient (Wildman–Crippen LogP) is 2.34. The molecule has 0 bridgehead atoms. The highest BCUT2D eigenvalue weighted by Crippen LogP contribution is 2.32. The molecule has 0 radical (unpaired) electrons. The van der Waals surface area contributed by atoms with Crippen LogP contribution in [0, 0.1) is 0 Å². The first kappa shape index (κ1) is 10.2. The van der Waals surface area contributed by atoms with Gasteiger partial charge in [0.2, 0.25) is 0 Å². The van der Waals surface area contributed by atoms with Crippen LogP contribution >= 0.6 is 0 Å². The van der Waals surface area contributed by atoms with Gasteiger partial charge in [-0.1, -0.05) is 18.2 Å². The fraction of sp³-hybridized carbons (Fsp3) is 0.308. The lowest BCUT2D eigenvalue weighted by Crippen LogP contribution is -2.24. The van der Waals surface area contributed by atoms with Crippen molar-refractivity contribution < 1.29 is 4.79 Å². The number of rotatable bonds is 1. The molecule has 88 valence electrons. The second kappa shape index (κ2) is 3.80. The zero-order valence-corrected chi connectivity index (χ0v) is 9.79. The summed E-state index contributed by atoms with van der Waals surface area (Å²) in [5.74, 6) is 0. The monoisotopic (exact) mass is 229 g/mol. The van der Waals surface area contributed by atoms with E-state index in [2.05, 4.69) is 33.4 Å². The van der Waals surface area contributed by atoms with Gasteiger partial charge in [0.05, 0.1) is 11.2 Å². The van der Waals surface area contributed by atoms with Crippen LogP contribution < -0.4 is 10.6 Å². The fourth-order valence-electron chi connectivity index (χ4n) is 2.54. The summed E-state index contributed by atoms with van der Waals surface area (Å²) < 4.78 is 2.24. The first-order chi connectivity index (χ1) is 8.29. The number of carbonyl (C=O) groups excluding carboxylic acids is 1. The lowest BCUT2D eigenvalue weighted by molar-refractivity contribution is 0.254. The van der Waals surface area contributed by atoms with Crippen molar-refractivity contribution in [1.82, 2.24) is 9.88 Å². The van der Waals surface area contributed by atoms with E-state index in [1.807, 2.05) is 6.20 Å². The van der Waals surface area contributed by atoms with Gasteiger partial charge in [-0.3, -0.25) is 0 Å². The Balaban J connectivity index is 2.15. The van der Waals surface area contributed by atoms with Gasteiger partial charge < -0.3 is 15.2 Å². The normalized spacial score (nSPS) is 13.7. The molecule has 0 spiro atoms. The van der Waals surface area contributed by atoms with Gasteiger partial charge in [-0.2, -0.15) is 0 Å². The molecule has 0 fully saturated rings. The van der Waals surface area contributed by atoms with Crippen molar-refractivity contribution in [1.29, 1.82) is 0 Å². The number of nitrogens with one attached hydrogen (secondary N) is 2. The highest BCUT2D eigenvalue weighted by atomic mass is 16.2. The molecular formula is C13H15N3O. The zero-order valence-electron chi connectivity index (χ0n) is 9.79. The SMILES string of the molecule is CNC(=O)Nc1cn2c3c(cccc13)CCC2. The molecule has 17 heavy (non-hydrogen) atoms. The van der Waals surface area contributed by atoms with E-state index in [1.165, 1.54) is 17.5 Å². The molecule has 2 heterocycles. The number of hydrogen-bond donors (Lipinski definition) is 2. The maximum Gasteiger partial charge on any atom is 0.319 e. The molecule has 4 heteroatoms. The van der Waals surface area contributed by atoms with Gasteiger partial charge >= 0.3 is 6.03 Å². The van der Waals surface area contributed by atoms with Gasteiger partial charge in [0, 0.05) is 25.2 Å². The molecule has 2 amide bonds. The summed E-state index contributed by atoms with van der Waals surface area (Å²) in [5.41, 5.74) is 3.53. The first-order valence-electron chi connectivity index (χ1n) is 5.89. The molecule has 0 atom stereocenters. The maximum atomic E-state index is 11.4. The average Bonchev–Trinajstić information content (AvgIpc) is 2.70. The van der Waals surface area contributed by atoms with Crippen LogP contribution in [-0.4, -0.2) is 17.6 Å². The van der Waals surface area contributed by atoms with Crippen molar-refractivity contribution in [2.75, 3.05) is 12.4 Å². The molecule has 1 aliphatic heterocycles. The Morgan fingerprint density at radius 3 is 3.12 bits per heavy atom. The molecule has 1 aromatic carbocycles. The minimum absolute atomic E-state index is 0.173. The van der Waals surface area contributed by atoms with Crippen LogP contribution in [0.15, 0.2) is 24.4 Å². The Morgan fingerprint density at radius 2 is 2.29 bits per heavy atom. The van der Waals surface area contributed by atoms with Crippen molar-refractivity contribution in [3.05, 3.63) is 30.0 Å². The Morgan fingerprint density at radius 1 is 1.41 bits per heavy atom. The van der Waals surface area contributed by atoms with Gasteiger partial charge in [0.15, 0.2) is 0 Å². The smallest absolute Gasteiger partial charge is 0.319 e. The minimum Gasteiger partial charge on any atom is -0.345 e. The fourth-order valence-corrected chi connectivity index (χ4v) is 2.54. The number of anilines is 1. The molecule has 0 aliphatic carbocycles. The number of aryl methyl sites for hydroxylation is 2. The van der Waals surface area contributed by atoms with E-state index in [0.29, 0.717) is 0 Å². The first-order valence-corrected chi connectivity index (χ1v) is 5.89. The van der Waals surface area contributed by atoms with Gasteiger partial charge in [-0.05, 0) is 18.4 Å². The van der Waals surface area contributed by atoms with E-state index >= 15 is 0 Å². The van der Waals surface area contributed by atoms with Crippen LogP contribution in [0.5, 0.6) is 0 Å². The van der Waals surface area contributed by atoms with E-state index in [1.54, 1.807) is 7.05 Å². The minimum atomic E-state index is -0.173. The molecule has 1 aromatic heterocycles. The third-order valence-corrected chi connectivity index (χ3v) is 3.30. The number of aromatic nitrogens is 1. The molecule has 2 N–H and O–H groups in total. The quantitative estimate of drug-likeness (QED) is 0.774. The van der Waals surface area contributed by atoms with Crippen molar-refractivity contribution >= 4 is 22.6 Å². The Kier molecular flexibility index (Phi) is 2.28.